The maximum atomic E-state index is 11.6. The molecule has 0 unspecified atom stereocenters. The van der Waals surface area contributed by atoms with Crippen molar-refractivity contribution >= 4 is 17.7 Å². The summed E-state index contributed by atoms with van der Waals surface area (Å²) in [6.45, 7) is 5.36. The molecular weight excluding hydrogens is 290 g/mol. The summed E-state index contributed by atoms with van der Waals surface area (Å²) < 4.78 is 0. The average Bonchev–Trinajstić information content (AvgIpc) is 2.51. The molecule has 126 valence electrons. The van der Waals surface area contributed by atoms with Crippen LogP contribution >= 0.6 is 0 Å². The van der Waals surface area contributed by atoms with Gasteiger partial charge in [0.1, 0.15) is 5.78 Å². The number of hydrogen-bond donors (Lipinski definition) is 2. The van der Waals surface area contributed by atoms with Crippen molar-refractivity contribution in [3.63, 3.8) is 0 Å². The van der Waals surface area contributed by atoms with Crippen LogP contribution in [0.5, 0.6) is 0 Å². The molecule has 1 rings (SSSR count). The molecule has 0 saturated carbocycles. The maximum absolute atomic E-state index is 11.6. The van der Waals surface area contributed by atoms with Gasteiger partial charge in [-0.15, -0.1) is 0 Å². The summed E-state index contributed by atoms with van der Waals surface area (Å²) in [5.41, 5.74) is 0. The minimum Gasteiger partial charge on any atom is -0.480 e. The van der Waals surface area contributed by atoms with Crippen molar-refractivity contribution in [1.29, 1.82) is 0 Å². The highest BCUT2D eigenvalue weighted by atomic mass is 16.4. The van der Waals surface area contributed by atoms with E-state index in [-0.39, 0.29) is 18.9 Å². The van der Waals surface area contributed by atoms with E-state index >= 15 is 0 Å². The first-order valence-electron chi connectivity index (χ1n) is 7.53. The van der Waals surface area contributed by atoms with Crippen LogP contribution in [0.2, 0.25) is 0 Å². The molecule has 0 atom stereocenters. The van der Waals surface area contributed by atoms with Gasteiger partial charge in [0.2, 0.25) is 0 Å². The lowest BCUT2D eigenvalue weighted by atomic mass is 10.3. The number of aliphatic carboxylic acids is 2. The Hall–Kier alpha value is -1.51. The van der Waals surface area contributed by atoms with Gasteiger partial charge in [0, 0.05) is 45.7 Å². The Morgan fingerprint density at radius 1 is 0.727 bits per heavy atom. The van der Waals surface area contributed by atoms with E-state index in [2.05, 4.69) is 0 Å². The third-order valence-electron chi connectivity index (χ3n) is 3.71. The highest BCUT2D eigenvalue weighted by molar-refractivity contribution is 5.80. The van der Waals surface area contributed by atoms with Crippen LogP contribution in [0.4, 0.5) is 0 Å². The quantitative estimate of drug-likeness (QED) is 0.620. The number of hydrogen-bond acceptors (Lipinski definition) is 6. The van der Waals surface area contributed by atoms with Crippen LogP contribution in [0.25, 0.3) is 0 Å². The molecule has 8 nitrogen and oxygen atoms in total. The zero-order chi connectivity index (χ0) is 16.5. The first-order chi connectivity index (χ1) is 10.4. The summed E-state index contributed by atoms with van der Waals surface area (Å²) in [6, 6.07) is 0. The molecule has 0 aromatic carbocycles. The van der Waals surface area contributed by atoms with Gasteiger partial charge in [-0.05, 0) is 0 Å². The van der Waals surface area contributed by atoms with Gasteiger partial charge < -0.3 is 10.2 Å². The molecule has 0 amide bonds. The number of ketones is 1. The Labute approximate surface area is 130 Å². The predicted octanol–water partition coefficient (Wildman–Crippen LogP) is -0.946. The lowest BCUT2D eigenvalue weighted by molar-refractivity contribution is -0.140. The van der Waals surface area contributed by atoms with E-state index in [0.29, 0.717) is 52.2 Å². The molecule has 22 heavy (non-hydrogen) atoms. The van der Waals surface area contributed by atoms with E-state index in [1.54, 1.807) is 9.80 Å². The fraction of sp³-hybridized carbons (Fsp3) is 0.786. The Morgan fingerprint density at radius 2 is 1.05 bits per heavy atom. The van der Waals surface area contributed by atoms with Crippen LogP contribution < -0.4 is 0 Å². The van der Waals surface area contributed by atoms with Gasteiger partial charge in [-0.1, -0.05) is 6.92 Å². The Balaban J connectivity index is 2.69. The molecule has 1 aliphatic rings. The molecule has 8 heteroatoms. The summed E-state index contributed by atoms with van der Waals surface area (Å²) in [7, 11) is 0. The van der Waals surface area contributed by atoms with Gasteiger partial charge in [0.25, 0.3) is 0 Å². The number of nitrogens with zero attached hydrogens (tertiary/aromatic N) is 3. The van der Waals surface area contributed by atoms with E-state index < -0.39 is 11.9 Å². The summed E-state index contributed by atoms with van der Waals surface area (Å²) in [6.07, 6.45) is 0.466. The van der Waals surface area contributed by atoms with E-state index in [4.69, 9.17) is 10.2 Å². The minimum atomic E-state index is -0.903. The second-order valence-corrected chi connectivity index (χ2v) is 5.51. The topological polar surface area (TPSA) is 101 Å². The number of carboxylic acids is 2. The SMILES string of the molecule is CCC(=O)CN1CCN(CC(=O)O)CCN(CC(=O)O)CC1. The normalized spacial score (nSPS) is 19.1. The molecule has 1 fully saturated rings. The van der Waals surface area contributed by atoms with Crippen LogP contribution in [0.1, 0.15) is 13.3 Å². The second-order valence-electron chi connectivity index (χ2n) is 5.51. The van der Waals surface area contributed by atoms with E-state index in [9.17, 15) is 14.4 Å². The first kappa shape index (κ1) is 18.5. The molecule has 0 radical (unpaired) electrons. The van der Waals surface area contributed by atoms with Gasteiger partial charge in [-0.3, -0.25) is 29.1 Å². The standard InChI is InChI=1S/C14H25N3O5/c1-2-12(18)9-15-3-5-16(10-13(19)20)7-8-17(6-4-15)11-14(21)22/h2-11H2,1H3,(H,19,20)(H,21,22). The molecular formula is C14H25N3O5. The molecule has 2 N–H and O–H groups in total. The third kappa shape index (κ3) is 7.48. The van der Waals surface area contributed by atoms with Gasteiger partial charge in [-0.25, -0.2) is 0 Å². The second kappa shape index (κ2) is 9.50. The number of carbonyl (C=O) groups is 3. The monoisotopic (exact) mass is 315 g/mol. The fourth-order valence-electron chi connectivity index (χ4n) is 2.40. The number of Topliss-reactive ketones (excluding diaryl/α,β-unsaturated/α-hetero) is 1. The lowest BCUT2D eigenvalue weighted by Crippen LogP contribution is -2.40. The lowest BCUT2D eigenvalue weighted by Gasteiger charge is -2.24. The molecule has 1 heterocycles. The smallest absolute Gasteiger partial charge is 0.317 e. The molecule has 1 aliphatic heterocycles. The van der Waals surface area contributed by atoms with Gasteiger partial charge in [0.05, 0.1) is 19.6 Å². The zero-order valence-corrected chi connectivity index (χ0v) is 13.0. The van der Waals surface area contributed by atoms with Gasteiger partial charge in [-0.2, -0.15) is 0 Å². The van der Waals surface area contributed by atoms with Gasteiger partial charge >= 0.3 is 11.9 Å². The first-order valence-corrected chi connectivity index (χ1v) is 7.53. The third-order valence-corrected chi connectivity index (χ3v) is 3.71. The van der Waals surface area contributed by atoms with Crippen LogP contribution in [-0.4, -0.2) is 102 Å². The highest BCUT2D eigenvalue weighted by Gasteiger charge is 2.20. The van der Waals surface area contributed by atoms with Crippen molar-refractivity contribution in [3.05, 3.63) is 0 Å². The van der Waals surface area contributed by atoms with Crippen molar-refractivity contribution in [2.24, 2.45) is 0 Å². The van der Waals surface area contributed by atoms with E-state index in [1.165, 1.54) is 0 Å². The Kier molecular flexibility index (Phi) is 8.00. The van der Waals surface area contributed by atoms with E-state index in [1.807, 2.05) is 11.8 Å². The van der Waals surface area contributed by atoms with Crippen LogP contribution in [0.3, 0.4) is 0 Å². The van der Waals surface area contributed by atoms with Crippen molar-refractivity contribution in [2.45, 2.75) is 13.3 Å². The molecule has 0 aliphatic carbocycles. The Bertz CT molecular complexity index is 374. The van der Waals surface area contributed by atoms with Crippen LogP contribution in [-0.2, 0) is 14.4 Å². The molecule has 1 saturated heterocycles. The van der Waals surface area contributed by atoms with E-state index in [0.717, 1.165) is 0 Å². The molecule has 0 aromatic heterocycles. The summed E-state index contributed by atoms with van der Waals surface area (Å²) in [5, 5.41) is 17.9. The largest absolute Gasteiger partial charge is 0.480 e. The summed E-state index contributed by atoms with van der Waals surface area (Å²) >= 11 is 0. The average molecular weight is 315 g/mol. The summed E-state index contributed by atoms with van der Waals surface area (Å²) in [4.78, 5) is 39.0. The molecule has 0 aromatic rings. The molecule has 0 bridgehead atoms. The zero-order valence-electron chi connectivity index (χ0n) is 13.0. The van der Waals surface area contributed by atoms with Crippen LogP contribution in [0.15, 0.2) is 0 Å². The van der Waals surface area contributed by atoms with Crippen molar-refractivity contribution < 1.29 is 24.6 Å². The number of carboxylic acid groups (broad SMARTS) is 2. The highest BCUT2D eigenvalue weighted by Crippen LogP contribution is 2.01. The maximum Gasteiger partial charge on any atom is 0.317 e. The van der Waals surface area contributed by atoms with Crippen molar-refractivity contribution in [3.8, 4) is 0 Å². The molecule has 0 spiro atoms. The fourth-order valence-corrected chi connectivity index (χ4v) is 2.40. The number of rotatable bonds is 7. The van der Waals surface area contributed by atoms with Crippen LogP contribution in [0, 0.1) is 0 Å². The van der Waals surface area contributed by atoms with Gasteiger partial charge in [0.15, 0.2) is 0 Å². The number of carbonyl (C=O) groups excluding carboxylic acids is 1. The predicted molar refractivity (Wildman–Crippen MR) is 79.9 cm³/mol. The minimum absolute atomic E-state index is 0.0729. The van der Waals surface area contributed by atoms with Crippen molar-refractivity contribution in [2.75, 3.05) is 58.9 Å². The Morgan fingerprint density at radius 3 is 1.32 bits per heavy atom. The summed E-state index contributed by atoms with van der Waals surface area (Å²) in [5.74, 6) is -1.67. The van der Waals surface area contributed by atoms with Crippen molar-refractivity contribution in [1.82, 2.24) is 14.7 Å².